The Morgan fingerprint density at radius 3 is 2.62 bits per heavy atom. The van der Waals surface area contributed by atoms with Crippen molar-refractivity contribution in [2.75, 3.05) is 14.1 Å². The highest BCUT2D eigenvalue weighted by Gasteiger charge is 2.19. The molecule has 4 heteroatoms. The quantitative estimate of drug-likeness (QED) is 0.816. The Bertz CT molecular complexity index is 590. The van der Waals surface area contributed by atoms with E-state index in [1.165, 1.54) is 4.88 Å². The van der Waals surface area contributed by atoms with E-state index in [1.807, 2.05) is 13.1 Å². The van der Waals surface area contributed by atoms with Gasteiger partial charge in [-0.3, -0.25) is 4.90 Å². The third-order valence-corrected chi connectivity index (χ3v) is 5.35. The van der Waals surface area contributed by atoms with Crippen molar-refractivity contribution >= 4 is 21.4 Å². The molecule has 0 aliphatic carbocycles. The Hall–Kier alpha value is -0.970. The van der Waals surface area contributed by atoms with Gasteiger partial charge in [0.2, 0.25) is 0 Å². The highest BCUT2D eigenvalue weighted by molar-refractivity contribution is 7.19. The fraction of sp³-hybridized carbons (Fsp3) is 0.529. The molecule has 1 N–H and O–H groups in total. The van der Waals surface area contributed by atoms with Gasteiger partial charge in [0.05, 0.1) is 0 Å². The van der Waals surface area contributed by atoms with Crippen molar-refractivity contribution in [1.29, 1.82) is 0 Å². The molecule has 0 amide bonds. The minimum absolute atomic E-state index is 0.0981. The van der Waals surface area contributed by atoms with Gasteiger partial charge in [0, 0.05) is 34.1 Å². The summed E-state index contributed by atoms with van der Waals surface area (Å²) in [5, 5.41) is 4.02. The van der Waals surface area contributed by atoms with Crippen molar-refractivity contribution in [3.05, 3.63) is 34.5 Å². The smallest absolute Gasteiger partial charge is 0.132 e. The summed E-state index contributed by atoms with van der Waals surface area (Å²) in [6.07, 6.45) is 2.25. The molecule has 1 aromatic heterocycles. The van der Waals surface area contributed by atoms with E-state index in [9.17, 15) is 4.39 Å². The van der Waals surface area contributed by atoms with E-state index in [0.717, 1.165) is 41.6 Å². The van der Waals surface area contributed by atoms with E-state index in [-0.39, 0.29) is 5.82 Å². The van der Waals surface area contributed by atoms with E-state index >= 15 is 0 Å². The zero-order chi connectivity index (χ0) is 15.4. The lowest BCUT2D eigenvalue weighted by Crippen LogP contribution is -2.30. The number of hydrogen-bond donors (Lipinski definition) is 1. The number of halogens is 1. The van der Waals surface area contributed by atoms with Crippen LogP contribution in [0.3, 0.4) is 0 Å². The number of hydrogen-bond acceptors (Lipinski definition) is 3. The van der Waals surface area contributed by atoms with Crippen LogP contribution in [0.5, 0.6) is 0 Å². The maximum Gasteiger partial charge on any atom is 0.132 e. The van der Waals surface area contributed by atoms with Crippen molar-refractivity contribution in [3.63, 3.8) is 0 Å². The molecule has 0 aliphatic rings. The van der Waals surface area contributed by atoms with Gasteiger partial charge in [0.25, 0.3) is 0 Å². The van der Waals surface area contributed by atoms with Crippen LogP contribution < -0.4 is 5.32 Å². The largest absolute Gasteiger partial charge is 0.315 e. The number of nitrogens with one attached hydrogen (secondary N) is 1. The first-order valence-corrected chi connectivity index (χ1v) is 8.47. The maximum atomic E-state index is 14.3. The normalized spacial score (nSPS) is 12.0. The van der Waals surface area contributed by atoms with E-state index in [0.29, 0.717) is 6.04 Å². The summed E-state index contributed by atoms with van der Waals surface area (Å²) in [7, 11) is 4.08. The molecule has 0 bridgehead atoms. The summed E-state index contributed by atoms with van der Waals surface area (Å²) in [4.78, 5) is 3.60. The first-order chi connectivity index (χ1) is 10.1. The summed E-state index contributed by atoms with van der Waals surface area (Å²) in [6.45, 7) is 6.03. The lowest BCUT2D eigenvalue weighted by Gasteiger charge is -2.26. The van der Waals surface area contributed by atoms with Crippen LogP contribution >= 0.6 is 11.3 Å². The third kappa shape index (κ3) is 3.44. The van der Waals surface area contributed by atoms with Gasteiger partial charge in [-0.25, -0.2) is 4.39 Å². The third-order valence-electron chi connectivity index (χ3n) is 4.16. The number of rotatable bonds is 7. The van der Waals surface area contributed by atoms with E-state index < -0.39 is 0 Å². The van der Waals surface area contributed by atoms with Crippen LogP contribution in [-0.4, -0.2) is 25.0 Å². The molecule has 0 atom stereocenters. The van der Waals surface area contributed by atoms with Gasteiger partial charge >= 0.3 is 0 Å². The monoisotopic (exact) mass is 308 g/mol. The Balaban J connectivity index is 2.42. The summed E-state index contributed by atoms with van der Waals surface area (Å²) >= 11 is 1.70. The number of benzene rings is 1. The number of thiophene rings is 1. The molecule has 116 valence electrons. The molecule has 21 heavy (non-hydrogen) atoms. The molecule has 1 heterocycles. The highest BCUT2D eigenvalue weighted by Crippen LogP contribution is 2.34. The average Bonchev–Trinajstić information content (AvgIpc) is 2.80. The van der Waals surface area contributed by atoms with Gasteiger partial charge in [-0.1, -0.05) is 19.9 Å². The first-order valence-electron chi connectivity index (χ1n) is 7.65. The first kappa shape index (κ1) is 16.4. The Morgan fingerprint density at radius 2 is 2.00 bits per heavy atom. The summed E-state index contributed by atoms with van der Waals surface area (Å²) in [6, 6.07) is 5.93. The minimum Gasteiger partial charge on any atom is -0.315 e. The van der Waals surface area contributed by atoms with Gasteiger partial charge in [-0.2, -0.15) is 0 Å². The molecule has 0 saturated heterocycles. The zero-order valence-electron chi connectivity index (χ0n) is 13.4. The van der Waals surface area contributed by atoms with Crippen molar-refractivity contribution in [2.24, 2.45) is 0 Å². The predicted octanol–water partition coefficient (Wildman–Crippen LogP) is 4.38. The Kier molecular flexibility index (Phi) is 5.73. The van der Waals surface area contributed by atoms with Crippen LogP contribution in [0.15, 0.2) is 18.2 Å². The topological polar surface area (TPSA) is 15.3 Å². The van der Waals surface area contributed by atoms with E-state index in [4.69, 9.17) is 0 Å². The van der Waals surface area contributed by atoms with Crippen LogP contribution in [-0.2, 0) is 13.1 Å². The second-order valence-corrected chi connectivity index (χ2v) is 6.67. The van der Waals surface area contributed by atoms with Gasteiger partial charge < -0.3 is 5.32 Å². The van der Waals surface area contributed by atoms with E-state index in [1.54, 1.807) is 23.5 Å². The standard InChI is InChI=1S/C17H25FN2S/c1-5-12(6-2)20(4)11-13-16(10-19-3)21-15-9-7-8-14(18)17(13)15/h7-9,12,19H,5-6,10-11H2,1-4H3. The molecule has 0 saturated carbocycles. The Labute approximate surface area is 131 Å². The van der Waals surface area contributed by atoms with Crippen molar-refractivity contribution in [2.45, 2.75) is 45.8 Å². The maximum absolute atomic E-state index is 14.3. The fourth-order valence-electron chi connectivity index (χ4n) is 2.98. The summed E-state index contributed by atoms with van der Waals surface area (Å²) in [5.74, 6) is -0.0981. The lowest BCUT2D eigenvalue weighted by molar-refractivity contribution is 0.222. The average molecular weight is 308 g/mol. The lowest BCUT2D eigenvalue weighted by atomic mass is 10.1. The zero-order valence-corrected chi connectivity index (χ0v) is 14.2. The second kappa shape index (κ2) is 7.34. The van der Waals surface area contributed by atoms with Crippen LogP contribution in [0.25, 0.3) is 10.1 Å². The molecule has 2 rings (SSSR count). The molecule has 0 fully saturated rings. The van der Waals surface area contributed by atoms with Crippen LogP contribution in [0.4, 0.5) is 4.39 Å². The molecular formula is C17H25FN2S. The van der Waals surface area contributed by atoms with Gasteiger partial charge in [0.15, 0.2) is 0 Å². The van der Waals surface area contributed by atoms with Gasteiger partial charge in [0.1, 0.15) is 5.82 Å². The Morgan fingerprint density at radius 1 is 1.29 bits per heavy atom. The van der Waals surface area contributed by atoms with Crippen molar-refractivity contribution in [1.82, 2.24) is 10.2 Å². The molecule has 2 nitrogen and oxygen atoms in total. The molecule has 0 aliphatic heterocycles. The number of fused-ring (bicyclic) bond motifs is 1. The minimum atomic E-state index is -0.0981. The van der Waals surface area contributed by atoms with Crippen molar-refractivity contribution < 1.29 is 4.39 Å². The molecule has 1 aromatic carbocycles. The van der Waals surface area contributed by atoms with Gasteiger partial charge in [-0.05, 0) is 44.6 Å². The molecule has 0 radical (unpaired) electrons. The summed E-state index contributed by atoms with van der Waals surface area (Å²) in [5.41, 5.74) is 1.15. The predicted molar refractivity (Wildman–Crippen MR) is 90.4 cm³/mol. The van der Waals surface area contributed by atoms with Crippen LogP contribution in [0.1, 0.15) is 37.1 Å². The van der Waals surface area contributed by atoms with Gasteiger partial charge in [-0.15, -0.1) is 11.3 Å². The fourth-order valence-corrected chi connectivity index (χ4v) is 4.22. The van der Waals surface area contributed by atoms with Crippen molar-refractivity contribution in [3.8, 4) is 0 Å². The summed E-state index contributed by atoms with van der Waals surface area (Å²) < 4.78 is 15.3. The second-order valence-electron chi connectivity index (χ2n) is 5.53. The molecule has 0 unspecified atom stereocenters. The van der Waals surface area contributed by atoms with Crippen LogP contribution in [0, 0.1) is 5.82 Å². The number of nitrogens with zero attached hydrogens (tertiary/aromatic N) is 1. The highest BCUT2D eigenvalue weighted by atomic mass is 32.1. The molecule has 2 aromatic rings. The SMILES string of the molecule is CCC(CC)N(C)Cc1c(CNC)sc2cccc(F)c12. The molecular weight excluding hydrogens is 283 g/mol. The van der Waals surface area contributed by atoms with Crippen LogP contribution in [0.2, 0.25) is 0 Å². The molecule has 0 spiro atoms. The van der Waals surface area contributed by atoms with E-state index in [2.05, 4.69) is 31.1 Å².